The van der Waals surface area contributed by atoms with Gasteiger partial charge in [0.05, 0.1) is 0 Å². The van der Waals surface area contributed by atoms with Crippen LogP contribution in [-0.4, -0.2) is 29.0 Å². The predicted molar refractivity (Wildman–Crippen MR) is 117 cm³/mol. The molecule has 2 heterocycles. The van der Waals surface area contributed by atoms with Crippen molar-refractivity contribution in [3.8, 4) is 0 Å². The van der Waals surface area contributed by atoms with Gasteiger partial charge >= 0.3 is 0 Å². The molecule has 30 heavy (non-hydrogen) atoms. The van der Waals surface area contributed by atoms with Crippen LogP contribution in [0.25, 0.3) is 0 Å². The molecule has 154 valence electrons. The van der Waals surface area contributed by atoms with Gasteiger partial charge in [0, 0.05) is 42.0 Å². The monoisotopic (exact) mass is 422 g/mol. The zero-order valence-electron chi connectivity index (χ0n) is 16.7. The van der Waals surface area contributed by atoms with E-state index in [2.05, 4.69) is 51.4 Å². The molecule has 0 saturated carbocycles. The summed E-state index contributed by atoms with van der Waals surface area (Å²) in [6.45, 7) is 3.51. The smallest absolute Gasteiger partial charge is 0.227 e. The number of halogens is 1. The van der Waals surface area contributed by atoms with Crippen molar-refractivity contribution in [2.24, 2.45) is 5.92 Å². The Morgan fingerprint density at radius 1 is 1.10 bits per heavy atom. The van der Waals surface area contributed by atoms with Crippen LogP contribution in [0.4, 0.5) is 15.9 Å². The number of piperidine rings is 1. The highest BCUT2D eigenvalue weighted by molar-refractivity contribution is 7.99. The second-order valence-corrected chi connectivity index (χ2v) is 8.42. The maximum Gasteiger partial charge on any atom is 0.227 e. The number of nitrogens with one attached hydrogen (secondary N) is 1. The summed E-state index contributed by atoms with van der Waals surface area (Å²) in [5.74, 6) is 0.332. The van der Waals surface area contributed by atoms with Crippen LogP contribution >= 0.6 is 11.8 Å². The van der Waals surface area contributed by atoms with E-state index in [1.807, 2.05) is 0 Å². The van der Waals surface area contributed by atoms with E-state index in [0.717, 1.165) is 28.8 Å². The van der Waals surface area contributed by atoms with Crippen molar-refractivity contribution in [2.75, 3.05) is 23.3 Å². The van der Waals surface area contributed by atoms with Gasteiger partial charge in [-0.2, -0.15) is 0 Å². The van der Waals surface area contributed by atoms with E-state index >= 15 is 0 Å². The van der Waals surface area contributed by atoms with E-state index in [1.165, 1.54) is 17.7 Å². The Morgan fingerprint density at radius 2 is 1.83 bits per heavy atom. The van der Waals surface area contributed by atoms with Gasteiger partial charge in [0.25, 0.3) is 0 Å². The van der Waals surface area contributed by atoms with Crippen molar-refractivity contribution >= 4 is 29.2 Å². The maximum atomic E-state index is 13.3. The van der Waals surface area contributed by atoms with Crippen LogP contribution < -0.4 is 10.2 Å². The largest absolute Gasteiger partial charge is 0.354 e. The summed E-state index contributed by atoms with van der Waals surface area (Å²) in [7, 11) is 0. The molecule has 0 atom stereocenters. The zero-order valence-corrected chi connectivity index (χ0v) is 17.5. The van der Waals surface area contributed by atoms with Crippen molar-refractivity contribution in [3.63, 3.8) is 0 Å². The number of nitrogens with zero attached hydrogens (tertiary/aromatic N) is 3. The number of benzene rings is 2. The fraction of sp³-hybridized carbons (Fsp3) is 0.261. The normalized spacial score (nSPS) is 14.5. The molecule has 1 aliphatic heterocycles. The van der Waals surface area contributed by atoms with Gasteiger partial charge in [-0.05, 0) is 50.1 Å². The third kappa shape index (κ3) is 4.97. The molecule has 0 spiro atoms. The minimum absolute atomic E-state index is 0.0614. The molecule has 1 amide bonds. The molecule has 1 aromatic heterocycles. The molecule has 0 aliphatic carbocycles. The summed E-state index contributed by atoms with van der Waals surface area (Å²) in [5.41, 5.74) is 1.71. The van der Waals surface area contributed by atoms with E-state index < -0.39 is 0 Å². The summed E-state index contributed by atoms with van der Waals surface area (Å²) in [4.78, 5) is 25.0. The van der Waals surface area contributed by atoms with Crippen molar-refractivity contribution in [2.45, 2.75) is 29.7 Å². The van der Waals surface area contributed by atoms with Gasteiger partial charge in [-0.15, -0.1) is 0 Å². The SMILES string of the molecule is Cc1ccc(Sc2nccnc2N2CCC(C(=O)Nc3cccc(F)c3)CC2)cc1. The second kappa shape index (κ2) is 9.26. The number of aryl methyl sites for hydroxylation is 1. The lowest BCUT2D eigenvalue weighted by Crippen LogP contribution is -2.38. The van der Waals surface area contributed by atoms with Crippen LogP contribution in [0.15, 0.2) is 70.8 Å². The summed E-state index contributed by atoms with van der Waals surface area (Å²) >= 11 is 1.60. The molecule has 1 saturated heterocycles. The molecule has 0 bridgehead atoms. The highest BCUT2D eigenvalue weighted by Crippen LogP contribution is 2.34. The fourth-order valence-electron chi connectivity index (χ4n) is 3.49. The molecule has 3 aromatic rings. The van der Waals surface area contributed by atoms with Crippen molar-refractivity contribution in [1.29, 1.82) is 0 Å². The van der Waals surface area contributed by atoms with Crippen LogP contribution in [0.2, 0.25) is 0 Å². The molecule has 0 radical (unpaired) electrons. The number of anilines is 2. The molecule has 5 nitrogen and oxygen atoms in total. The van der Waals surface area contributed by atoms with Crippen LogP contribution in [0.3, 0.4) is 0 Å². The van der Waals surface area contributed by atoms with E-state index in [4.69, 9.17) is 0 Å². The topological polar surface area (TPSA) is 58.1 Å². The number of carbonyl (C=O) groups excluding carboxylic acids is 1. The summed E-state index contributed by atoms with van der Waals surface area (Å²) < 4.78 is 13.3. The molecule has 0 unspecified atom stereocenters. The Labute approximate surface area is 179 Å². The van der Waals surface area contributed by atoms with Gasteiger partial charge in [-0.25, -0.2) is 14.4 Å². The third-order valence-electron chi connectivity index (χ3n) is 5.14. The standard InChI is InChI=1S/C23H23FN4OS/c1-16-5-7-20(8-6-16)30-23-21(25-11-12-26-23)28-13-9-17(10-14-28)22(29)27-19-4-2-3-18(24)15-19/h2-8,11-12,15,17H,9-10,13-14H2,1H3,(H,27,29). The number of aromatic nitrogens is 2. The molecule has 4 rings (SSSR count). The molecular formula is C23H23FN4OS. The number of carbonyl (C=O) groups is 1. The Morgan fingerprint density at radius 3 is 2.57 bits per heavy atom. The van der Waals surface area contributed by atoms with Crippen LogP contribution in [-0.2, 0) is 4.79 Å². The number of hydrogen-bond donors (Lipinski definition) is 1. The first-order valence-electron chi connectivity index (χ1n) is 9.95. The number of hydrogen-bond acceptors (Lipinski definition) is 5. The van der Waals surface area contributed by atoms with E-state index in [9.17, 15) is 9.18 Å². The van der Waals surface area contributed by atoms with Gasteiger partial charge in [0.1, 0.15) is 10.8 Å². The summed E-state index contributed by atoms with van der Waals surface area (Å²) in [6, 6.07) is 14.3. The third-order valence-corrected chi connectivity index (χ3v) is 6.13. The van der Waals surface area contributed by atoms with Gasteiger partial charge in [-0.3, -0.25) is 4.79 Å². The molecule has 1 N–H and O–H groups in total. The highest BCUT2D eigenvalue weighted by atomic mass is 32.2. The first kappa shape index (κ1) is 20.3. The van der Waals surface area contributed by atoms with Gasteiger partial charge < -0.3 is 10.2 Å². The maximum absolute atomic E-state index is 13.3. The quantitative estimate of drug-likeness (QED) is 0.632. The summed E-state index contributed by atoms with van der Waals surface area (Å²) in [5, 5.41) is 3.69. The Kier molecular flexibility index (Phi) is 6.28. The minimum Gasteiger partial charge on any atom is -0.354 e. The van der Waals surface area contributed by atoms with Gasteiger partial charge in [0.2, 0.25) is 5.91 Å². The molecular weight excluding hydrogens is 399 g/mol. The first-order chi connectivity index (χ1) is 14.6. The van der Waals surface area contributed by atoms with Crippen LogP contribution in [0, 0.1) is 18.7 Å². The average Bonchev–Trinajstić information content (AvgIpc) is 2.76. The Hall–Kier alpha value is -2.93. The van der Waals surface area contributed by atoms with Crippen molar-refractivity contribution in [3.05, 3.63) is 72.3 Å². The number of rotatable bonds is 5. The van der Waals surface area contributed by atoms with Crippen molar-refractivity contribution < 1.29 is 9.18 Å². The second-order valence-electron chi connectivity index (χ2n) is 7.36. The molecule has 1 fully saturated rings. The van der Waals surface area contributed by atoms with E-state index in [0.29, 0.717) is 18.5 Å². The van der Waals surface area contributed by atoms with Crippen molar-refractivity contribution in [1.82, 2.24) is 9.97 Å². The average molecular weight is 423 g/mol. The molecule has 1 aliphatic rings. The Bertz CT molecular complexity index is 1020. The molecule has 2 aromatic carbocycles. The highest BCUT2D eigenvalue weighted by Gasteiger charge is 2.27. The van der Waals surface area contributed by atoms with Gasteiger partial charge in [-0.1, -0.05) is 35.5 Å². The Balaban J connectivity index is 1.39. The van der Waals surface area contributed by atoms with E-state index in [-0.39, 0.29) is 17.6 Å². The molecule has 7 heteroatoms. The lowest BCUT2D eigenvalue weighted by atomic mass is 9.96. The van der Waals surface area contributed by atoms with Crippen LogP contribution in [0.5, 0.6) is 0 Å². The van der Waals surface area contributed by atoms with E-state index in [1.54, 1.807) is 36.3 Å². The zero-order chi connectivity index (χ0) is 20.9. The number of amides is 1. The van der Waals surface area contributed by atoms with Gasteiger partial charge in [0.15, 0.2) is 5.82 Å². The minimum atomic E-state index is -0.358. The summed E-state index contributed by atoms with van der Waals surface area (Å²) in [6.07, 6.45) is 4.84. The first-order valence-corrected chi connectivity index (χ1v) is 10.8. The fourth-order valence-corrected chi connectivity index (χ4v) is 4.37. The lowest BCUT2D eigenvalue weighted by molar-refractivity contribution is -0.120. The predicted octanol–water partition coefficient (Wildman–Crippen LogP) is 4.93. The lowest BCUT2D eigenvalue weighted by Gasteiger charge is -2.32. The van der Waals surface area contributed by atoms with Crippen LogP contribution in [0.1, 0.15) is 18.4 Å².